The molecule has 0 saturated heterocycles. The molecule has 4 heteroatoms. The number of hydrogen-bond donors (Lipinski definition) is 0. The van der Waals surface area contributed by atoms with Crippen molar-refractivity contribution < 1.29 is 8.42 Å². The second-order valence-corrected chi connectivity index (χ2v) is 5.21. The van der Waals surface area contributed by atoms with E-state index in [2.05, 4.69) is 4.98 Å². The lowest BCUT2D eigenvalue weighted by atomic mass is 10.1. The quantitative estimate of drug-likeness (QED) is 0.687. The second kappa shape index (κ2) is 3.10. The third-order valence-electron chi connectivity index (χ3n) is 2.25. The summed E-state index contributed by atoms with van der Waals surface area (Å²) in [6.07, 6.45) is 2.62. The van der Waals surface area contributed by atoms with Crippen molar-refractivity contribution in [2.45, 2.75) is 25.7 Å². The molecule has 0 amide bonds. The molecule has 0 bridgehead atoms. The van der Waals surface area contributed by atoms with Gasteiger partial charge in [0.2, 0.25) is 0 Å². The van der Waals surface area contributed by atoms with Crippen LogP contribution in [0.4, 0.5) is 0 Å². The van der Waals surface area contributed by atoms with Gasteiger partial charge in [0.25, 0.3) is 0 Å². The molecule has 0 spiro atoms. The molecular formula is C9H13NO2S. The van der Waals surface area contributed by atoms with Crippen molar-refractivity contribution in [1.82, 2.24) is 4.98 Å². The molecule has 1 aromatic heterocycles. The fourth-order valence-electron chi connectivity index (χ4n) is 1.18. The largest absolute Gasteiger partial charge is 0.260 e. The molecule has 0 aliphatic rings. The molecular weight excluding hydrogens is 186 g/mol. The predicted molar refractivity (Wildman–Crippen MR) is 51.6 cm³/mol. The molecule has 0 aliphatic carbocycles. The predicted octanol–water partition coefficient (Wildman–Crippen LogP) is 1.41. The summed E-state index contributed by atoms with van der Waals surface area (Å²) >= 11 is 0. The van der Waals surface area contributed by atoms with Gasteiger partial charge in [0, 0.05) is 18.1 Å². The van der Waals surface area contributed by atoms with Gasteiger partial charge in [-0.25, -0.2) is 8.42 Å². The van der Waals surface area contributed by atoms with Crippen molar-refractivity contribution in [1.29, 1.82) is 0 Å². The normalized spacial score (nSPS) is 11.7. The van der Waals surface area contributed by atoms with Crippen molar-refractivity contribution in [3.8, 4) is 0 Å². The summed E-state index contributed by atoms with van der Waals surface area (Å²) in [6.45, 7) is 5.56. The topological polar surface area (TPSA) is 47.0 Å². The minimum absolute atomic E-state index is 0.329. The lowest BCUT2D eigenvalue weighted by Gasteiger charge is -2.07. The number of hydrogen-bond acceptors (Lipinski definition) is 3. The summed E-state index contributed by atoms with van der Waals surface area (Å²) in [5.74, 6) is 0. The van der Waals surface area contributed by atoms with E-state index in [4.69, 9.17) is 0 Å². The van der Waals surface area contributed by atoms with Crippen LogP contribution in [0.25, 0.3) is 0 Å². The zero-order valence-corrected chi connectivity index (χ0v) is 9.07. The number of sulfone groups is 1. The highest BCUT2D eigenvalue weighted by Gasteiger charge is 2.13. The number of pyridine rings is 1. The van der Waals surface area contributed by atoms with Gasteiger partial charge < -0.3 is 0 Å². The lowest BCUT2D eigenvalue weighted by Crippen LogP contribution is -2.04. The Bertz CT molecular complexity index is 435. The molecule has 0 radical (unpaired) electrons. The standard InChI is InChI=1S/C9H13NO2S/c1-6-7(2)9(13(4,11)12)5-10-8(6)3/h5H,1-4H3. The summed E-state index contributed by atoms with van der Waals surface area (Å²) in [6, 6.07) is 0. The third-order valence-corrected chi connectivity index (χ3v) is 3.46. The first-order valence-corrected chi connectivity index (χ1v) is 5.86. The van der Waals surface area contributed by atoms with Crippen LogP contribution in [0, 0.1) is 20.8 Å². The highest BCUT2D eigenvalue weighted by molar-refractivity contribution is 7.90. The van der Waals surface area contributed by atoms with E-state index < -0.39 is 9.84 Å². The molecule has 0 saturated carbocycles. The van der Waals surface area contributed by atoms with Gasteiger partial charge >= 0.3 is 0 Å². The third kappa shape index (κ3) is 1.88. The van der Waals surface area contributed by atoms with Gasteiger partial charge in [0.05, 0.1) is 4.90 Å². The van der Waals surface area contributed by atoms with Crippen LogP contribution in [-0.2, 0) is 9.84 Å². The van der Waals surface area contributed by atoms with Gasteiger partial charge in [-0.05, 0) is 31.9 Å². The maximum Gasteiger partial charge on any atom is 0.177 e. The van der Waals surface area contributed by atoms with Gasteiger partial charge in [-0.15, -0.1) is 0 Å². The first-order chi connectivity index (χ1) is 5.84. The minimum Gasteiger partial charge on any atom is -0.260 e. The molecule has 1 aromatic rings. The van der Waals surface area contributed by atoms with Gasteiger partial charge in [-0.2, -0.15) is 0 Å². The Labute approximate surface area is 78.7 Å². The Hall–Kier alpha value is -0.900. The van der Waals surface area contributed by atoms with E-state index in [0.29, 0.717) is 4.90 Å². The molecule has 0 atom stereocenters. The SMILES string of the molecule is Cc1ncc(S(C)(=O)=O)c(C)c1C. The summed E-state index contributed by atoms with van der Waals surface area (Å²) in [4.78, 5) is 4.36. The van der Waals surface area contributed by atoms with Crippen molar-refractivity contribution >= 4 is 9.84 Å². The van der Waals surface area contributed by atoms with Gasteiger partial charge in [0.15, 0.2) is 9.84 Å². The Morgan fingerprint density at radius 2 is 1.69 bits per heavy atom. The van der Waals surface area contributed by atoms with Crippen molar-refractivity contribution in [3.05, 3.63) is 23.0 Å². The van der Waals surface area contributed by atoms with E-state index in [0.717, 1.165) is 16.8 Å². The monoisotopic (exact) mass is 199 g/mol. The molecule has 0 N–H and O–H groups in total. The zero-order valence-electron chi connectivity index (χ0n) is 8.25. The van der Waals surface area contributed by atoms with E-state index in [1.807, 2.05) is 13.8 Å². The number of rotatable bonds is 1. The number of nitrogens with zero attached hydrogens (tertiary/aromatic N) is 1. The number of aryl methyl sites for hydroxylation is 1. The zero-order chi connectivity index (χ0) is 10.2. The van der Waals surface area contributed by atoms with Gasteiger partial charge in [-0.1, -0.05) is 0 Å². The average molecular weight is 199 g/mol. The maximum absolute atomic E-state index is 11.3. The van der Waals surface area contributed by atoms with Crippen LogP contribution >= 0.6 is 0 Å². The van der Waals surface area contributed by atoms with Crippen LogP contribution < -0.4 is 0 Å². The van der Waals surface area contributed by atoms with Crippen molar-refractivity contribution in [2.75, 3.05) is 6.26 Å². The van der Waals surface area contributed by atoms with E-state index in [1.54, 1.807) is 6.92 Å². The Morgan fingerprint density at radius 3 is 2.15 bits per heavy atom. The molecule has 3 nitrogen and oxygen atoms in total. The summed E-state index contributed by atoms with van der Waals surface area (Å²) in [5, 5.41) is 0. The van der Waals surface area contributed by atoms with Gasteiger partial charge in [0.1, 0.15) is 0 Å². The average Bonchev–Trinajstić information content (AvgIpc) is 1.98. The van der Waals surface area contributed by atoms with Crippen LogP contribution in [0.5, 0.6) is 0 Å². The van der Waals surface area contributed by atoms with Crippen LogP contribution in [-0.4, -0.2) is 19.7 Å². The molecule has 1 heterocycles. The molecule has 1 rings (SSSR count). The van der Waals surface area contributed by atoms with E-state index in [1.165, 1.54) is 12.5 Å². The van der Waals surface area contributed by atoms with E-state index >= 15 is 0 Å². The highest BCUT2D eigenvalue weighted by atomic mass is 32.2. The van der Waals surface area contributed by atoms with E-state index in [-0.39, 0.29) is 0 Å². The molecule has 72 valence electrons. The van der Waals surface area contributed by atoms with Crippen LogP contribution in [0.15, 0.2) is 11.1 Å². The highest BCUT2D eigenvalue weighted by Crippen LogP contribution is 2.18. The minimum atomic E-state index is -3.14. The fourth-order valence-corrected chi connectivity index (χ4v) is 2.13. The van der Waals surface area contributed by atoms with Crippen molar-refractivity contribution in [2.24, 2.45) is 0 Å². The summed E-state index contributed by atoms with van der Waals surface area (Å²) in [7, 11) is -3.14. The Morgan fingerprint density at radius 1 is 1.15 bits per heavy atom. The van der Waals surface area contributed by atoms with Crippen LogP contribution in [0.1, 0.15) is 16.8 Å². The molecule has 0 fully saturated rings. The Balaban J connectivity index is 3.53. The smallest absolute Gasteiger partial charge is 0.177 e. The molecule has 0 aliphatic heterocycles. The van der Waals surface area contributed by atoms with Gasteiger partial charge in [-0.3, -0.25) is 4.98 Å². The fraction of sp³-hybridized carbons (Fsp3) is 0.444. The molecule has 0 unspecified atom stereocenters. The van der Waals surface area contributed by atoms with Crippen LogP contribution in [0.3, 0.4) is 0 Å². The molecule has 0 aromatic carbocycles. The number of aromatic nitrogens is 1. The van der Waals surface area contributed by atoms with Crippen molar-refractivity contribution in [3.63, 3.8) is 0 Å². The first-order valence-electron chi connectivity index (χ1n) is 3.97. The summed E-state index contributed by atoms with van der Waals surface area (Å²) < 4.78 is 22.6. The second-order valence-electron chi connectivity index (χ2n) is 3.23. The molecule has 13 heavy (non-hydrogen) atoms. The summed E-state index contributed by atoms with van der Waals surface area (Å²) in [5.41, 5.74) is 2.63. The lowest BCUT2D eigenvalue weighted by molar-refractivity contribution is 0.600. The van der Waals surface area contributed by atoms with Crippen LogP contribution in [0.2, 0.25) is 0 Å². The Kier molecular flexibility index (Phi) is 2.43. The maximum atomic E-state index is 11.3. The van der Waals surface area contributed by atoms with E-state index in [9.17, 15) is 8.42 Å². The first kappa shape index (κ1) is 10.2.